The fourth-order valence-electron chi connectivity index (χ4n) is 2.03. The summed E-state index contributed by atoms with van der Waals surface area (Å²) in [5.74, 6) is -1.92. The molecule has 0 saturated carbocycles. The molecule has 0 radical (unpaired) electrons. The fourth-order valence-corrected chi connectivity index (χ4v) is 2.03. The van der Waals surface area contributed by atoms with E-state index in [4.69, 9.17) is 9.84 Å². The summed E-state index contributed by atoms with van der Waals surface area (Å²) in [4.78, 5) is 24.4. The molecule has 104 valence electrons. The summed E-state index contributed by atoms with van der Waals surface area (Å²) in [6, 6.07) is 1.14. The molecule has 1 aromatic rings. The van der Waals surface area contributed by atoms with E-state index in [1.165, 1.54) is 0 Å². The van der Waals surface area contributed by atoms with Gasteiger partial charge in [0.2, 0.25) is 5.76 Å². The normalized spacial score (nSPS) is 18.5. The molecule has 19 heavy (non-hydrogen) atoms. The smallest absolute Gasteiger partial charge is 0.374 e. The maximum Gasteiger partial charge on any atom is 0.374 e. The third-order valence-electron chi connectivity index (χ3n) is 3.06. The monoisotopic (exact) mass is 268 g/mol. The number of hydrogen-bond donors (Lipinski definition) is 1. The first-order chi connectivity index (χ1) is 9.11. The molecule has 1 aliphatic heterocycles. The number of carboxylic acids is 1. The van der Waals surface area contributed by atoms with Crippen LogP contribution in [0.25, 0.3) is 0 Å². The van der Waals surface area contributed by atoms with Crippen molar-refractivity contribution >= 4 is 11.9 Å². The van der Waals surface area contributed by atoms with Gasteiger partial charge >= 0.3 is 5.97 Å². The van der Waals surface area contributed by atoms with Crippen molar-refractivity contribution < 1.29 is 24.0 Å². The summed E-state index contributed by atoms with van der Waals surface area (Å²) in [6.45, 7) is 3.58. The summed E-state index contributed by atoms with van der Waals surface area (Å²) in [5.41, 5.74) is 0.0113. The molecule has 2 rings (SSSR count). The van der Waals surface area contributed by atoms with Crippen molar-refractivity contribution in [2.75, 3.05) is 19.7 Å². The van der Waals surface area contributed by atoms with E-state index < -0.39 is 5.97 Å². The van der Waals surface area contributed by atoms with E-state index in [9.17, 15) is 9.59 Å². The van der Waals surface area contributed by atoms with Crippen LogP contribution in [0, 0.1) is 0 Å². The van der Waals surface area contributed by atoms with Gasteiger partial charge in [0.15, 0.2) is 5.69 Å². The number of ether oxygens (including phenoxy) is 1. The van der Waals surface area contributed by atoms with Gasteiger partial charge < -0.3 is 19.3 Å². The number of carboxylic acid groups (broad SMARTS) is 1. The van der Waals surface area contributed by atoms with Crippen LogP contribution >= 0.6 is 0 Å². The number of hydrogen-bond acceptors (Lipinski definition) is 5. The Balaban J connectivity index is 2.04. The van der Waals surface area contributed by atoms with E-state index in [1.807, 2.05) is 6.92 Å². The van der Waals surface area contributed by atoms with Crippen LogP contribution in [0.2, 0.25) is 0 Å². The molecule has 2 heterocycles. The zero-order valence-electron chi connectivity index (χ0n) is 10.7. The molecule has 1 fully saturated rings. The van der Waals surface area contributed by atoms with E-state index in [-0.39, 0.29) is 23.5 Å². The molecule has 1 N–H and O–H groups in total. The van der Waals surface area contributed by atoms with E-state index in [0.29, 0.717) is 13.1 Å². The van der Waals surface area contributed by atoms with Gasteiger partial charge in [-0.3, -0.25) is 4.79 Å². The molecule has 0 aliphatic carbocycles. The second-order valence-corrected chi connectivity index (χ2v) is 4.36. The molecule has 0 bridgehead atoms. The van der Waals surface area contributed by atoms with Crippen LogP contribution < -0.4 is 0 Å². The highest BCUT2D eigenvalue weighted by molar-refractivity contribution is 5.94. The SMILES string of the molecule is CCN(CC1CCCO1)C(=O)c1cc(C(=O)O)on1. The Morgan fingerprint density at radius 1 is 1.58 bits per heavy atom. The largest absolute Gasteiger partial charge is 0.475 e. The number of aromatic carboxylic acids is 1. The van der Waals surface area contributed by atoms with Gasteiger partial charge in [-0.1, -0.05) is 5.16 Å². The van der Waals surface area contributed by atoms with Crippen molar-refractivity contribution in [2.45, 2.75) is 25.9 Å². The van der Waals surface area contributed by atoms with Gasteiger partial charge in [0, 0.05) is 25.8 Å². The van der Waals surface area contributed by atoms with Crippen LogP contribution in [0.1, 0.15) is 40.8 Å². The van der Waals surface area contributed by atoms with E-state index in [2.05, 4.69) is 9.68 Å². The Morgan fingerprint density at radius 2 is 2.37 bits per heavy atom. The average molecular weight is 268 g/mol. The molecular formula is C12H16N2O5. The van der Waals surface area contributed by atoms with Gasteiger partial charge in [-0.2, -0.15) is 0 Å². The predicted molar refractivity (Wildman–Crippen MR) is 64.0 cm³/mol. The van der Waals surface area contributed by atoms with Gasteiger partial charge in [0.05, 0.1) is 6.10 Å². The number of aromatic nitrogens is 1. The lowest BCUT2D eigenvalue weighted by molar-refractivity contribution is 0.0530. The Hall–Kier alpha value is -1.89. The molecule has 7 heteroatoms. The quantitative estimate of drug-likeness (QED) is 0.856. The Labute approximate surface area is 110 Å². The van der Waals surface area contributed by atoms with Gasteiger partial charge in [0.1, 0.15) is 0 Å². The number of nitrogens with zero attached hydrogens (tertiary/aromatic N) is 2. The maximum absolute atomic E-state index is 12.2. The maximum atomic E-state index is 12.2. The van der Waals surface area contributed by atoms with Crippen molar-refractivity contribution in [3.8, 4) is 0 Å². The lowest BCUT2D eigenvalue weighted by Gasteiger charge is -2.22. The number of amides is 1. The number of rotatable bonds is 5. The highest BCUT2D eigenvalue weighted by Gasteiger charge is 2.25. The van der Waals surface area contributed by atoms with Crippen molar-refractivity contribution in [3.05, 3.63) is 17.5 Å². The average Bonchev–Trinajstić information content (AvgIpc) is 3.06. The molecule has 1 saturated heterocycles. The lowest BCUT2D eigenvalue weighted by Crippen LogP contribution is -2.37. The van der Waals surface area contributed by atoms with Crippen molar-refractivity contribution in [1.29, 1.82) is 0 Å². The van der Waals surface area contributed by atoms with Crippen molar-refractivity contribution in [2.24, 2.45) is 0 Å². The standard InChI is InChI=1S/C12H16N2O5/c1-2-14(7-8-4-3-5-18-8)11(15)9-6-10(12(16)17)19-13-9/h6,8H,2-5,7H2,1H3,(H,16,17). The topological polar surface area (TPSA) is 92.9 Å². The highest BCUT2D eigenvalue weighted by Crippen LogP contribution is 2.15. The van der Waals surface area contributed by atoms with Crippen LogP contribution in [0.3, 0.4) is 0 Å². The van der Waals surface area contributed by atoms with Gasteiger partial charge in [-0.25, -0.2) is 4.79 Å². The predicted octanol–water partition coefficient (Wildman–Crippen LogP) is 1.01. The van der Waals surface area contributed by atoms with E-state index in [1.54, 1.807) is 4.90 Å². The third-order valence-corrected chi connectivity index (χ3v) is 3.06. The van der Waals surface area contributed by atoms with Gasteiger partial charge in [0.25, 0.3) is 5.91 Å². The first-order valence-electron chi connectivity index (χ1n) is 6.22. The van der Waals surface area contributed by atoms with Crippen molar-refractivity contribution in [1.82, 2.24) is 10.1 Å². The van der Waals surface area contributed by atoms with Crippen LogP contribution in [0.4, 0.5) is 0 Å². The molecule has 1 aliphatic rings. The Kier molecular flexibility index (Phi) is 4.16. The summed E-state index contributed by atoms with van der Waals surface area (Å²) in [6.07, 6.45) is 1.99. The van der Waals surface area contributed by atoms with Gasteiger partial charge in [-0.05, 0) is 19.8 Å². The summed E-state index contributed by atoms with van der Waals surface area (Å²) in [5, 5.41) is 12.2. The number of carbonyl (C=O) groups is 2. The zero-order chi connectivity index (χ0) is 13.8. The second-order valence-electron chi connectivity index (χ2n) is 4.36. The first-order valence-corrected chi connectivity index (χ1v) is 6.22. The zero-order valence-corrected chi connectivity index (χ0v) is 10.7. The first kappa shape index (κ1) is 13.5. The minimum atomic E-state index is -1.24. The number of carbonyl (C=O) groups excluding carboxylic acids is 1. The minimum Gasteiger partial charge on any atom is -0.475 e. The summed E-state index contributed by atoms with van der Waals surface area (Å²) >= 11 is 0. The third kappa shape index (κ3) is 3.11. The van der Waals surface area contributed by atoms with E-state index in [0.717, 1.165) is 25.5 Å². The molecule has 1 aromatic heterocycles. The molecule has 1 atom stereocenters. The second kappa shape index (κ2) is 5.83. The van der Waals surface area contributed by atoms with Crippen molar-refractivity contribution in [3.63, 3.8) is 0 Å². The summed E-state index contributed by atoms with van der Waals surface area (Å²) in [7, 11) is 0. The summed E-state index contributed by atoms with van der Waals surface area (Å²) < 4.78 is 10.1. The van der Waals surface area contributed by atoms with Crippen LogP contribution in [-0.4, -0.2) is 52.8 Å². The molecule has 0 aromatic carbocycles. The molecule has 1 unspecified atom stereocenters. The molecule has 0 spiro atoms. The van der Waals surface area contributed by atoms with Crippen LogP contribution in [0.5, 0.6) is 0 Å². The Morgan fingerprint density at radius 3 is 2.89 bits per heavy atom. The highest BCUT2D eigenvalue weighted by atomic mass is 16.5. The van der Waals surface area contributed by atoms with Crippen LogP contribution in [0.15, 0.2) is 10.6 Å². The lowest BCUT2D eigenvalue weighted by atomic mass is 10.2. The van der Waals surface area contributed by atoms with Crippen LogP contribution in [-0.2, 0) is 4.74 Å². The molecular weight excluding hydrogens is 252 g/mol. The Bertz CT molecular complexity index is 464. The minimum absolute atomic E-state index is 0.0113. The number of likely N-dealkylation sites (N-methyl/N-ethyl adjacent to an activating group) is 1. The van der Waals surface area contributed by atoms with E-state index >= 15 is 0 Å². The fraction of sp³-hybridized carbons (Fsp3) is 0.583. The molecule has 1 amide bonds. The van der Waals surface area contributed by atoms with Gasteiger partial charge in [-0.15, -0.1) is 0 Å². The molecule has 7 nitrogen and oxygen atoms in total.